The Kier molecular flexibility index (Phi) is 5.14. The van der Waals surface area contributed by atoms with E-state index in [0.29, 0.717) is 24.3 Å². The van der Waals surface area contributed by atoms with E-state index in [-0.39, 0.29) is 4.90 Å². The number of sulfonamides is 1. The largest absolute Gasteiger partial charge is 0.397 e. The first-order chi connectivity index (χ1) is 8.86. The summed E-state index contributed by atoms with van der Waals surface area (Å²) in [5.74, 6) is 0. The molecule has 0 aliphatic rings. The molecule has 0 saturated heterocycles. The Bertz CT molecular complexity index is 565. The summed E-state index contributed by atoms with van der Waals surface area (Å²) in [6.45, 7) is 9.89. The highest BCUT2D eigenvalue weighted by atomic mass is 32.2. The number of hydrogen-bond donors (Lipinski definition) is 1. The number of hydrogen-bond acceptors (Lipinski definition) is 3. The smallest absolute Gasteiger partial charge is 0.245 e. The molecule has 1 rings (SSSR count). The van der Waals surface area contributed by atoms with Gasteiger partial charge >= 0.3 is 0 Å². The molecule has 0 aliphatic carbocycles. The lowest BCUT2D eigenvalue weighted by Crippen LogP contribution is -2.33. The maximum absolute atomic E-state index is 12.7. The quantitative estimate of drug-likeness (QED) is 0.644. The summed E-state index contributed by atoms with van der Waals surface area (Å²) in [5.41, 5.74) is 7.76. The second-order valence-electron chi connectivity index (χ2n) is 4.59. The molecule has 2 N–H and O–H groups in total. The maximum Gasteiger partial charge on any atom is 0.245 e. The van der Waals surface area contributed by atoms with Crippen molar-refractivity contribution in [1.29, 1.82) is 0 Å². The first kappa shape index (κ1) is 15.7. The number of aryl methyl sites for hydroxylation is 2. The summed E-state index contributed by atoms with van der Waals surface area (Å²) in [7, 11) is -3.57. The van der Waals surface area contributed by atoms with E-state index < -0.39 is 10.0 Å². The van der Waals surface area contributed by atoms with E-state index >= 15 is 0 Å². The minimum absolute atomic E-state index is 0.225. The molecule has 0 atom stereocenters. The Hall–Kier alpha value is -1.33. The van der Waals surface area contributed by atoms with Gasteiger partial charge in [0.2, 0.25) is 10.0 Å². The van der Waals surface area contributed by atoms with E-state index in [1.54, 1.807) is 19.1 Å². The molecule has 0 radical (unpaired) electrons. The molecule has 0 aliphatic heterocycles. The molecule has 0 spiro atoms. The lowest BCUT2D eigenvalue weighted by Gasteiger charge is -2.22. The lowest BCUT2D eigenvalue weighted by molar-refractivity contribution is 0.441. The number of anilines is 1. The van der Waals surface area contributed by atoms with Crippen molar-refractivity contribution >= 4 is 15.7 Å². The van der Waals surface area contributed by atoms with Crippen molar-refractivity contribution in [3.63, 3.8) is 0 Å². The molecule has 5 heteroatoms. The predicted molar refractivity (Wildman–Crippen MR) is 79.6 cm³/mol. The predicted octanol–water partition coefficient (Wildman–Crippen LogP) is 2.47. The first-order valence-electron chi connectivity index (χ1n) is 6.33. The monoisotopic (exact) mass is 282 g/mol. The SMILES string of the molecule is C=CCN(CCC)S(=O)(=O)c1c(C)ccc(C)c1N. The first-order valence-corrected chi connectivity index (χ1v) is 7.77. The van der Waals surface area contributed by atoms with Crippen molar-refractivity contribution in [2.75, 3.05) is 18.8 Å². The Labute approximate surface area is 116 Å². The highest BCUT2D eigenvalue weighted by Crippen LogP contribution is 2.28. The van der Waals surface area contributed by atoms with Crippen molar-refractivity contribution in [3.05, 3.63) is 35.9 Å². The third-order valence-corrected chi connectivity index (χ3v) is 5.08. The molecular weight excluding hydrogens is 260 g/mol. The average molecular weight is 282 g/mol. The molecule has 0 fully saturated rings. The van der Waals surface area contributed by atoms with Crippen LogP contribution in [-0.4, -0.2) is 25.8 Å². The van der Waals surface area contributed by atoms with Crippen LogP contribution in [0.1, 0.15) is 24.5 Å². The van der Waals surface area contributed by atoms with E-state index in [1.807, 2.05) is 19.9 Å². The number of nitrogens with two attached hydrogens (primary N) is 1. The zero-order chi connectivity index (χ0) is 14.6. The van der Waals surface area contributed by atoms with Crippen LogP contribution in [0.15, 0.2) is 29.7 Å². The Morgan fingerprint density at radius 1 is 1.32 bits per heavy atom. The fraction of sp³-hybridized carbons (Fsp3) is 0.429. The van der Waals surface area contributed by atoms with Crippen LogP contribution in [0, 0.1) is 13.8 Å². The molecule has 0 heterocycles. The molecule has 0 saturated carbocycles. The average Bonchev–Trinajstić information content (AvgIpc) is 2.34. The number of nitrogens with zero attached hydrogens (tertiary/aromatic N) is 1. The summed E-state index contributed by atoms with van der Waals surface area (Å²) in [5, 5.41) is 0. The summed E-state index contributed by atoms with van der Waals surface area (Å²) >= 11 is 0. The van der Waals surface area contributed by atoms with Gasteiger partial charge in [-0.25, -0.2) is 8.42 Å². The molecule has 0 bridgehead atoms. The van der Waals surface area contributed by atoms with Gasteiger partial charge in [0.25, 0.3) is 0 Å². The molecule has 0 unspecified atom stereocenters. The van der Waals surface area contributed by atoms with Crippen LogP contribution < -0.4 is 5.73 Å². The minimum atomic E-state index is -3.57. The highest BCUT2D eigenvalue weighted by molar-refractivity contribution is 7.89. The zero-order valence-corrected chi connectivity index (χ0v) is 12.6. The number of nitrogen functional groups attached to an aromatic ring is 1. The molecule has 0 aromatic heterocycles. The Morgan fingerprint density at radius 2 is 1.89 bits per heavy atom. The van der Waals surface area contributed by atoms with Crippen LogP contribution in [0.4, 0.5) is 5.69 Å². The van der Waals surface area contributed by atoms with Gasteiger partial charge in [-0.3, -0.25) is 0 Å². The second kappa shape index (κ2) is 6.21. The van der Waals surface area contributed by atoms with E-state index in [1.165, 1.54) is 4.31 Å². The summed E-state index contributed by atoms with van der Waals surface area (Å²) in [4.78, 5) is 0.225. The third-order valence-electron chi connectivity index (χ3n) is 3.01. The molecule has 4 nitrogen and oxygen atoms in total. The van der Waals surface area contributed by atoms with Crippen LogP contribution in [-0.2, 0) is 10.0 Å². The van der Waals surface area contributed by atoms with Gasteiger partial charge < -0.3 is 5.73 Å². The fourth-order valence-corrected chi connectivity index (χ4v) is 3.88. The molecule has 1 aromatic carbocycles. The number of rotatable bonds is 6. The van der Waals surface area contributed by atoms with Crippen LogP contribution in [0.25, 0.3) is 0 Å². The van der Waals surface area contributed by atoms with E-state index in [2.05, 4.69) is 6.58 Å². The van der Waals surface area contributed by atoms with Crippen LogP contribution in [0.2, 0.25) is 0 Å². The van der Waals surface area contributed by atoms with Crippen molar-refractivity contribution in [1.82, 2.24) is 4.31 Å². The summed E-state index contributed by atoms with van der Waals surface area (Å²) in [6.07, 6.45) is 2.34. The van der Waals surface area contributed by atoms with Crippen LogP contribution >= 0.6 is 0 Å². The second-order valence-corrected chi connectivity index (χ2v) is 6.47. The van der Waals surface area contributed by atoms with Gasteiger partial charge in [0.15, 0.2) is 0 Å². The lowest BCUT2D eigenvalue weighted by atomic mass is 10.1. The molecule has 0 amide bonds. The fourth-order valence-electron chi connectivity index (χ4n) is 1.98. The standard InChI is InChI=1S/C14H22N2O2S/c1-5-9-16(10-6-2)19(17,18)14-12(4)8-7-11(3)13(14)15/h5,7-8H,1,6,9-10,15H2,2-4H3. The molecular formula is C14H22N2O2S. The molecule has 1 aromatic rings. The normalized spacial score (nSPS) is 11.8. The van der Waals surface area contributed by atoms with Crippen LogP contribution in [0.3, 0.4) is 0 Å². The van der Waals surface area contributed by atoms with E-state index in [0.717, 1.165) is 12.0 Å². The van der Waals surface area contributed by atoms with Gasteiger partial charge in [0.1, 0.15) is 4.90 Å². The zero-order valence-electron chi connectivity index (χ0n) is 11.8. The minimum Gasteiger partial charge on any atom is -0.397 e. The topological polar surface area (TPSA) is 63.4 Å². The van der Waals surface area contributed by atoms with Gasteiger partial charge in [-0.05, 0) is 31.4 Å². The van der Waals surface area contributed by atoms with Crippen molar-refractivity contribution in [3.8, 4) is 0 Å². The van der Waals surface area contributed by atoms with Gasteiger partial charge in [-0.15, -0.1) is 6.58 Å². The van der Waals surface area contributed by atoms with Crippen molar-refractivity contribution < 1.29 is 8.42 Å². The van der Waals surface area contributed by atoms with E-state index in [9.17, 15) is 8.42 Å². The highest BCUT2D eigenvalue weighted by Gasteiger charge is 2.27. The van der Waals surface area contributed by atoms with Crippen molar-refractivity contribution in [2.24, 2.45) is 0 Å². The molecule has 106 valence electrons. The Balaban J connectivity index is 3.41. The summed E-state index contributed by atoms with van der Waals surface area (Å²) < 4.78 is 26.8. The maximum atomic E-state index is 12.7. The van der Waals surface area contributed by atoms with Crippen molar-refractivity contribution in [2.45, 2.75) is 32.1 Å². The Morgan fingerprint density at radius 3 is 2.42 bits per heavy atom. The van der Waals surface area contributed by atoms with Crippen LogP contribution in [0.5, 0.6) is 0 Å². The van der Waals surface area contributed by atoms with Gasteiger partial charge in [0.05, 0.1) is 5.69 Å². The van der Waals surface area contributed by atoms with Gasteiger partial charge in [-0.2, -0.15) is 4.31 Å². The van der Waals surface area contributed by atoms with E-state index in [4.69, 9.17) is 5.73 Å². The third kappa shape index (κ3) is 3.16. The number of benzene rings is 1. The van der Waals surface area contributed by atoms with Gasteiger partial charge in [-0.1, -0.05) is 25.1 Å². The summed E-state index contributed by atoms with van der Waals surface area (Å²) in [6, 6.07) is 3.62. The molecule has 19 heavy (non-hydrogen) atoms. The van der Waals surface area contributed by atoms with Gasteiger partial charge in [0, 0.05) is 13.1 Å².